The number of carbonyl (C=O) groups excluding carboxylic acids is 2. The summed E-state index contributed by atoms with van der Waals surface area (Å²) in [5.41, 5.74) is 3.64. The third-order valence-corrected chi connectivity index (χ3v) is 5.03. The fourth-order valence-corrected chi connectivity index (χ4v) is 3.42. The fourth-order valence-electron chi connectivity index (χ4n) is 3.42. The molecule has 0 N–H and O–H groups in total. The number of nitrogens with zero attached hydrogens (tertiary/aromatic N) is 1. The number of Topliss-reactive ketones (excluding diaryl/α,β-unsaturated/α-hetero) is 1. The van der Waals surface area contributed by atoms with Gasteiger partial charge in [-0.1, -0.05) is 62.4 Å². The van der Waals surface area contributed by atoms with E-state index in [-0.39, 0.29) is 18.1 Å². The van der Waals surface area contributed by atoms with Gasteiger partial charge in [0.1, 0.15) is 5.78 Å². The summed E-state index contributed by atoms with van der Waals surface area (Å²) in [6, 6.07) is 15.6. The molecule has 0 saturated heterocycles. The Morgan fingerprint density at radius 1 is 0.929 bits per heavy atom. The minimum atomic E-state index is -0.0248. The van der Waals surface area contributed by atoms with Crippen molar-refractivity contribution in [1.29, 1.82) is 0 Å². The Morgan fingerprint density at radius 3 is 2.39 bits per heavy atom. The normalized spacial score (nSPS) is 12.3. The molecule has 0 spiro atoms. The lowest BCUT2D eigenvalue weighted by molar-refractivity contribution is -0.124. The van der Waals surface area contributed by atoms with Crippen molar-refractivity contribution in [3.63, 3.8) is 0 Å². The number of benzene rings is 2. The number of hydrogen-bond donors (Lipinski definition) is 0. The molecule has 1 aliphatic rings. The van der Waals surface area contributed by atoms with E-state index in [2.05, 4.69) is 25.7 Å². The molecular formula is C25H27NO2. The van der Waals surface area contributed by atoms with Crippen molar-refractivity contribution in [2.45, 2.75) is 52.5 Å². The van der Waals surface area contributed by atoms with Crippen LogP contribution in [0.25, 0.3) is 0 Å². The molecule has 0 radical (unpaired) electrons. The monoisotopic (exact) mass is 373 g/mol. The molecule has 2 aromatic carbocycles. The average molecular weight is 373 g/mol. The predicted molar refractivity (Wildman–Crippen MR) is 113 cm³/mol. The lowest BCUT2D eigenvalue weighted by Crippen LogP contribution is -2.32. The summed E-state index contributed by atoms with van der Waals surface area (Å²) in [5, 5.41) is 0. The van der Waals surface area contributed by atoms with Gasteiger partial charge in [0, 0.05) is 30.4 Å². The number of rotatable bonds is 7. The Bertz CT molecular complexity index is 917. The zero-order valence-corrected chi connectivity index (χ0v) is 16.7. The first-order valence-corrected chi connectivity index (χ1v) is 10.1. The van der Waals surface area contributed by atoms with Crippen molar-refractivity contribution in [1.82, 2.24) is 0 Å². The van der Waals surface area contributed by atoms with Crippen molar-refractivity contribution in [3.05, 3.63) is 65.2 Å². The van der Waals surface area contributed by atoms with E-state index in [4.69, 9.17) is 0 Å². The van der Waals surface area contributed by atoms with Crippen LogP contribution in [0.2, 0.25) is 0 Å². The molecule has 3 heteroatoms. The highest BCUT2D eigenvalue weighted by Crippen LogP contribution is 2.26. The molecule has 3 rings (SSSR count). The molecule has 0 saturated carbocycles. The van der Waals surface area contributed by atoms with E-state index in [0.717, 1.165) is 35.2 Å². The van der Waals surface area contributed by atoms with Crippen molar-refractivity contribution in [2.24, 2.45) is 5.92 Å². The second-order valence-electron chi connectivity index (χ2n) is 7.73. The smallest absolute Gasteiger partial charge is 0.227 e. The molecule has 0 fully saturated rings. The van der Waals surface area contributed by atoms with Crippen molar-refractivity contribution < 1.29 is 9.59 Å². The van der Waals surface area contributed by atoms with Gasteiger partial charge in [-0.05, 0) is 36.1 Å². The molecule has 144 valence electrons. The molecule has 2 aromatic rings. The van der Waals surface area contributed by atoms with Gasteiger partial charge in [-0.15, -0.1) is 0 Å². The number of anilines is 1. The van der Waals surface area contributed by atoms with E-state index in [1.165, 1.54) is 0 Å². The Kier molecular flexibility index (Phi) is 6.66. The molecular weight excluding hydrogens is 346 g/mol. The number of carbonyl (C=O) groups is 2. The van der Waals surface area contributed by atoms with Crippen LogP contribution in [-0.2, 0) is 16.1 Å². The average Bonchev–Trinajstić information content (AvgIpc) is 2.67. The van der Waals surface area contributed by atoms with Gasteiger partial charge in [0.15, 0.2) is 0 Å². The highest BCUT2D eigenvalue weighted by atomic mass is 16.2. The van der Waals surface area contributed by atoms with E-state index in [1.54, 1.807) is 4.90 Å². The summed E-state index contributed by atoms with van der Waals surface area (Å²) in [4.78, 5) is 27.0. The first-order valence-electron chi connectivity index (χ1n) is 10.1. The highest BCUT2D eigenvalue weighted by molar-refractivity contribution is 5.97. The predicted octanol–water partition coefficient (Wildman–Crippen LogP) is 5.11. The van der Waals surface area contributed by atoms with E-state index >= 15 is 0 Å². The maximum atomic E-state index is 13.0. The topological polar surface area (TPSA) is 37.4 Å². The van der Waals surface area contributed by atoms with Crippen molar-refractivity contribution >= 4 is 17.4 Å². The van der Waals surface area contributed by atoms with Crippen LogP contribution in [0.3, 0.4) is 0 Å². The van der Waals surface area contributed by atoms with Gasteiger partial charge in [-0.25, -0.2) is 0 Å². The maximum Gasteiger partial charge on any atom is 0.227 e. The van der Waals surface area contributed by atoms with Crippen molar-refractivity contribution in [2.75, 3.05) is 4.90 Å². The van der Waals surface area contributed by atoms with Crippen LogP contribution in [0.4, 0.5) is 5.69 Å². The van der Waals surface area contributed by atoms with E-state index in [0.29, 0.717) is 25.3 Å². The minimum absolute atomic E-state index is 0.0248. The fraction of sp³-hybridized carbons (Fsp3) is 0.360. The van der Waals surface area contributed by atoms with E-state index < -0.39 is 0 Å². The Hall–Kier alpha value is -2.86. The van der Waals surface area contributed by atoms with Gasteiger partial charge in [0.25, 0.3) is 0 Å². The Balaban J connectivity index is 1.74. The van der Waals surface area contributed by atoms with Gasteiger partial charge in [-0.2, -0.15) is 0 Å². The second-order valence-corrected chi connectivity index (χ2v) is 7.73. The molecule has 28 heavy (non-hydrogen) atoms. The third-order valence-electron chi connectivity index (χ3n) is 5.03. The highest BCUT2D eigenvalue weighted by Gasteiger charge is 2.21. The van der Waals surface area contributed by atoms with Crippen LogP contribution in [0.1, 0.15) is 62.6 Å². The van der Waals surface area contributed by atoms with Crippen LogP contribution < -0.4 is 4.90 Å². The zero-order chi connectivity index (χ0) is 19.9. The largest absolute Gasteiger partial charge is 0.307 e. The SMILES string of the molecule is CC(C)CCCC(=O)CCC(=O)N1Cc2ccccc2C#Cc2ccccc21. The van der Waals surface area contributed by atoms with Gasteiger partial charge >= 0.3 is 0 Å². The van der Waals surface area contributed by atoms with Crippen LogP contribution >= 0.6 is 0 Å². The number of hydrogen-bond acceptors (Lipinski definition) is 2. The third kappa shape index (κ3) is 5.10. The van der Waals surface area contributed by atoms with Crippen LogP contribution in [0.5, 0.6) is 0 Å². The molecule has 0 bridgehead atoms. The van der Waals surface area contributed by atoms with Gasteiger partial charge in [-0.3, -0.25) is 9.59 Å². The molecule has 1 amide bonds. The molecule has 0 aromatic heterocycles. The Labute approximate surface area is 167 Å². The van der Waals surface area contributed by atoms with Gasteiger partial charge in [0.2, 0.25) is 5.91 Å². The number of amides is 1. The van der Waals surface area contributed by atoms with Crippen molar-refractivity contribution in [3.8, 4) is 11.8 Å². The number of ketones is 1. The molecule has 0 aliphatic carbocycles. The van der Waals surface area contributed by atoms with Crippen LogP contribution in [0.15, 0.2) is 48.5 Å². The quantitative estimate of drug-likeness (QED) is 0.633. The molecule has 0 unspecified atom stereocenters. The Morgan fingerprint density at radius 2 is 1.61 bits per heavy atom. The number of fused-ring (bicyclic) bond motifs is 2. The first-order chi connectivity index (χ1) is 13.5. The van der Waals surface area contributed by atoms with Gasteiger partial charge < -0.3 is 4.90 Å². The first kappa shape index (κ1) is 19.9. The molecule has 3 nitrogen and oxygen atoms in total. The minimum Gasteiger partial charge on any atom is -0.307 e. The van der Waals surface area contributed by atoms with E-state index in [1.807, 2.05) is 48.5 Å². The zero-order valence-electron chi connectivity index (χ0n) is 16.7. The van der Waals surface area contributed by atoms with E-state index in [9.17, 15) is 9.59 Å². The lowest BCUT2D eigenvalue weighted by atomic mass is 10.0. The summed E-state index contributed by atoms with van der Waals surface area (Å²) in [5.74, 6) is 7.18. The maximum absolute atomic E-state index is 13.0. The van der Waals surface area contributed by atoms with Crippen LogP contribution in [0, 0.1) is 17.8 Å². The molecule has 1 heterocycles. The summed E-state index contributed by atoms with van der Waals surface area (Å²) in [7, 11) is 0. The molecule has 0 atom stereocenters. The molecule has 1 aliphatic heterocycles. The summed E-state index contributed by atoms with van der Waals surface area (Å²) < 4.78 is 0. The second kappa shape index (κ2) is 9.37. The lowest BCUT2D eigenvalue weighted by Gasteiger charge is -2.26. The standard InChI is InChI=1S/C25H27NO2/c1-19(2)8-7-12-23(27)16-17-25(28)26-18-22-11-4-3-9-20(22)14-15-21-10-5-6-13-24(21)26/h3-6,9-11,13,19H,7-8,12,16-18H2,1-2H3. The van der Waals surface area contributed by atoms with Crippen LogP contribution in [-0.4, -0.2) is 11.7 Å². The summed E-state index contributed by atoms with van der Waals surface area (Å²) in [6.45, 7) is 4.80. The summed E-state index contributed by atoms with van der Waals surface area (Å²) in [6.07, 6.45) is 3.07. The number of para-hydroxylation sites is 1. The van der Waals surface area contributed by atoms with Gasteiger partial charge in [0.05, 0.1) is 12.2 Å². The summed E-state index contributed by atoms with van der Waals surface area (Å²) >= 11 is 0.